The number of halogens is 1. The number of rotatable bonds is 10. The molecule has 9 heteroatoms. The molecule has 2 aromatic rings. The van der Waals surface area contributed by atoms with Gasteiger partial charge >= 0.3 is 0 Å². The van der Waals surface area contributed by atoms with E-state index in [1.807, 2.05) is 18.2 Å². The maximum Gasteiger partial charge on any atom is 0.191 e. The van der Waals surface area contributed by atoms with Gasteiger partial charge in [-0.1, -0.05) is 25.1 Å². The number of para-hydroxylation sites is 1. The van der Waals surface area contributed by atoms with E-state index >= 15 is 0 Å². The van der Waals surface area contributed by atoms with Gasteiger partial charge in [0.05, 0.1) is 19.3 Å². The van der Waals surface area contributed by atoms with E-state index in [4.69, 9.17) is 14.5 Å². The third-order valence-corrected chi connectivity index (χ3v) is 5.39. The topological polar surface area (TPSA) is 85.6 Å². The van der Waals surface area contributed by atoms with Crippen molar-refractivity contribution in [2.45, 2.75) is 58.2 Å². The normalized spacial score (nSPS) is 17.1. The van der Waals surface area contributed by atoms with Crippen LogP contribution in [0.1, 0.15) is 38.1 Å². The largest absolute Gasteiger partial charge is 0.496 e. The number of aryl methyl sites for hydroxylation is 1. The number of nitrogens with zero attached hydrogens (tertiary/aromatic N) is 4. The van der Waals surface area contributed by atoms with Gasteiger partial charge in [0, 0.05) is 32.7 Å². The van der Waals surface area contributed by atoms with Crippen molar-refractivity contribution in [3.63, 3.8) is 0 Å². The Morgan fingerprint density at radius 2 is 2.23 bits per heavy atom. The van der Waals surface area contributed by atoms with E-state index in [1.54, 1.807) is 13.4 Å². The van der Waals surface area contributed by atoms with Crippen molar-refractivity contribution in [3.8, 4) is 5.75 Å². The monoisotopic (exact) mass is 542 g/mol. The molecule has 31 heavy (non-hydrogen) atoms. The second-order valence-electron chi connectivity index (χ2n) is 7.50. The number of aliphatic imine (C=N–C) groups is 1. The number of guanidine groups is 1. The minimum absolute atomic E-state index is 0. The van der Waals surface area contributed by atoms with E-state index in [1.165, 1.54) is 0 Å². The number of nitrogens with one attached hydrogen (secondary N) is 2. The Balaban J connectivity index is 0.00000341. The van der Waals surface area contributed by atoms with E-state index in [0.717, 1.165) is 68.5 Å². The van der Waals surface area contributed by atoms with Gasteiger partial charge in [-0.25, -0.2) is 0 Å². The number of benzene rings is 1. The summed E-state index contributed by atoms with van der Waals surface area (Å²) in [5.41, 5.74) is 1.16. The Labute approximate surface area is 202 Å². The number of aromatic nitrogens is 3. The molecular weight excluding hydrogens is 507 g/mol. The Morgan fingerprint density at radius 1 is 1.39 bits per heavy atom. The zero-order valence-corrected chi connectivity index (χ0v) is 21.0. The highest BCUT2D eigenvalue weighted by Crippen LogP contribution is 2.18. The number of hydrogen-bond donors (Lipinski definition) is 2. The number of methoxy groups -OCH3 is 1. The lowest BCUT2D eigenvalue weighted by Crippen LogP contribution is -2.47. The van der Waals surface area contributed by atoms with Crippen LogP contribution in [0.25, 0.3) is 0 Å². The van der Waals surface area contributed by atoms with Crippen LogP contribution >= 0.6 is 24.0 Å². The molecule has 1 saturated heterocycles. The molecule has 0 aliphatic carbocycles. The van der Waals surface area contributed by atoms with Crippen molar-refractivity contribution >= 4 is 29.9 Å². The Bertz CT molecular complexity index is 807. The summed E-state index contributed by atoms with van der Waals surface area (Å²) in [5, 5.41) is 15.1. The third kappa shape index (κ3) is 7.64. The van der Waals surface area contributed by atoms with E-state index in [9.17, 15) is 0 Å². The van der Waals surface area contributed by atoms with Crippen LogP contribution in [-0.2, 0) is 24.1 Å². The number of ether oxygens (including phenoxy) is 2. The van der Waals surface area contributed by atoms with Crippen LogP contribution < -0.4 is 15.4 Å². The smallest absolute Gasteiger partial charge is 0.191 e. The molecule has 1 aromatic heterocycles. The highest BCUT2D eigenvalue weighted by molar-refractivity contribution is 14.0. The van der Waals surface area contributed by atoms with Gasteiger partial charge < -0.3 is 24.7 Å². The first kappa shape index (κ1) is 25.4. The van der Waals surface area contributed by atoms with Crippen molar-refractivity contribution in [1.82, 2.24) is 25.4 Å². The molecule has 1 aromatic carbocycles. The van der Waals surface area contributed by atoms with Gasteiger partial charge in [-0.05, 0) is 37.8 Å². The zero-order chi connectivity index (χ0) is 21.2. The predicted molar refractivity (Wildman–Crippen MR) is 133 cm³/mol. The average Bonchev–Trinajstić information content (AvgIpc) is 3.46. The molecule has 0 spiro atoms. The second-order valence-corrected chi connectivity index (χ2v) is 7.50. The lowest BCUT2D eigenvalue weighted by Gasteiger charge is -2.23. The summed E-state index contributed by atoms with van der Waals surface area (Å²) in [4.78, 5) is 4.81. The van der Waals surface area contributed by atoms with E-state index in [-0.39, 0.29) is 36.1 Å². The summed E-state index contributed by atoms with van der Waals surface area (Å²) in [6.45, 7) is 7.28. The van der Waals surface area contributed by atoms with Crippen molar-refractivity contribution < 1.29 is 9.47 Å². The second kappa shape index (κ2) is 13.5. The van der Waals surface area contributed by atoms with Crippen LogP contribution in [0.15, 0.2) is 35.6 Å². The summed E-state index contributed by atoms with van der Waals surface area (Å²) >= 11 is 0. The van der Waals surface area contributed by atoms with Crippen molar-refractivity contribution in [3.05, 3.63) is 42.0 Å². The van der Waals surface area contributed by atoms with Gasteiger partial charge in [-0.15, -0.1) is 34.2 Å². The molecule has 2 heterocycles. The number of hydrogen-bond acceptors (Lipinski definition) is 5. The van der Waals surface area contributed by atoms with Gasteiger partial charge in [0.15, 0.2) is 5.96 Å². The minimum atomic E-state index is 0. The molecular formula is C22H35IN6O2. The van der Waals surface area contributed by atoms with Crippen LogP contribution in [0.2, 0.25) is 0 Å². The molecule has 2 N–H and O–H groups in total. The fourth-order valence-corrected chi connectivity index (χ4v) is 3.69. The van der Waals surface area contributed by atoms with E-state index in [0.29, 0.717) is 6.54 Å². The van der Waals surface area contributed by atoms with Gasteiger partial charge in [0.1, 0.15) is 17.9 Å². The maximum absolute atomic E-state index is 5.83. The van der Waals surface area contributed by atoms with Gasteiger partial charge in [-0.3, -0.25) is 4.99 Å². The van der Waals surface area contributed by atoms with Crippen LogP contribution in [0.3, 0.4) is 0 Å². The first-order valence-electron chi connectivity index (χ1n) is 10.9. The quantitative estimate of drug-likeness (QED) is 0.273. The molecule has 1 aliphatic rings. The summed E-state index contributed by atoms with van der Waals surface area (Å²) in [7, 11) is 1.70. The summed E-state index contributed by atoms with van der Waals surface area (Å²) in [6, 6.07) is 8.29. The summed E-state index contributed by atoms with van der Waals surface area (Å²) < 4.78 is 13.4. The molecule has 3 rings (SSSR count). The lowest BCUT2D eigenvalue weighted by molar-refractivity contribution is 0.0890. The molecule has 8 nitrogen and oxygen atoms in total. The van der Waals surface area contributed by atoms with E-state index < -0.39 is 0 Å². The SMILES string of the molecule is CCc1nncn1CCNC(=NCCc1ccccc1OC)NC(C)C1CCCO1.I. The summed E-state index contributed by atoms with van der Waals surface area (Å²) in [5.74, 6) is 2.70. The molecule has 172 valence electrons. The van der Waals surface area contributed by atoms with Crippen LogP contribution in [0.4, 0.5) is 0 Å². The van der Waals surface area contributed by atoms with Gasteiger partial charge in [0.25, 0.3) is 0 Å². The zero-order valence-electron chi connectivity index (χ0n) is 18.7. The first-order chi connectivity index (χ1) is 14.7. The Kier molecular flexibility index (Phi) is 11.1. The summed E-state index contributed by atoms with van der Waals surface area (Å²) in [6.07, 6.45) is 5.91. The van der Waals surface area contributed by atoms with E-state index in [2.05, 4.69) is 45.3 Å². The lowest BCUT2D eigenvalue weighted by atomic mass is 10.1. The fraction of sp³-hybridized carbons (Fsp3) is 0.591. The third-order valence-electron chi connectivity index (χ3n) is 5.39. The maximum atomic E-state index is 5.83. The van der Waals surface area contributed by atoms with Crippen LogP contribution in [0, 0.1) is 0 Å². The van der Waals surface area contributed by atoms with Crippen molar-refractivity contribution in [2.24, 2.45) is 4.99 Å². The Hall–Kier alpha value is -1.88. The molecule has 0 bridgehead atoms. The predicted octanol–water partition coefficient (Wildman–Crippen LogP) is 2.81. The molecule has 2 unspecified atom stereocenters. The fourth-order valence-electron chi connectivity index (χ4n) is 3.69. The van der Waals surface area contributed by atoms with Crippen molar-refractivity contribution in [2.75, 3.05) is 26.8 Å². The van der Waals surface area contributed by atoms with Crippen molar-refractivity contribution in [1.29, 1.82) is 0 Å². The minimum Gasteiger partial charge on any atom is -0.496 e. The molecule has 0 amide bonds. The van der Waals surface area contributed by atoms with Crippen LogP contribution in [-0.4, -0.2) is 59.7 Å². The highest BCUT2D eigenvalue weighted by atomic mass is 127. The van der Waals surface area contributed by atoms with Gasteiger partial charge in [-0.2, -0.15) is 0 Å². The molecule has 1 fully saturated rings. The highest BCUT2D eigenvalue weighted by Gasteiger charge is 2.23. The average molecular weight is 542 g/mol. The molecule has 0 saturated carbocycles. The standard InChI is InChI=1S/C22H34N6O2.HI/c1-4-21-27-25-16-28(21)14-13-24-22(26-17(2)19-10-7-15-30-19)23-12-11-18-8-5-6-9-20(18)29-3;/h5-6,8-9,16-17,19H,4,7,10-15H2,1-3H3,(H2,23,24,26);1H. The van der Waals surface area contributed by atoms with Crippen LogP contribution in [0.5, 0.6) is 5.75 Å². The molecule has 0 radical (unpaired) electrons. The Morgan fingerprint density at radius 3 is 2.97 bits per heavy atom. The first-order valence-corrected chi connectivity index (χ1v) is 10.9. The molecule has 1 aliphatic heterocycles. The van der Waals surface area contributed by atoms with Gasteiger partial charge in [0.2, 0.25) is 0 Å². The molecule has 2 atom stereocenters.